The molecule has 3 heteroatoms. The van der Waals surface area contributed by atoms with Gasteiger partial charge in [-0.3, -0.25) is 4.90 Å². The van der Waals surface area contributed by atoms with Crippen molar-refractivity contribution in [2.24, 2.45) is 0 Å². The Morgan fingerprint density at radius 1 is 1.27 bits per heavy atom. The highest BCUT2D eigenvalue weighted by Gasteiger charge is 2.08. The van der Waals surface area contributed by atoms with E-state index < -0.39 is 0 Å². The topological polar surface area (TPSA) is 3.24 Å². The third kappa shape index (κ3) is 5.41. The third-order valence-electron chi connectivity index (χ3n) is 2.16. The average molecular weight is 246 g/mol. The summed E-state index contributed by atoms with van der Waals surface area (Å²) in [5.74, 6) is 0.649. The maximum atomic E-state index is 5.99. The van der Waals surface area contributed by atoms with E-state index in [1.807, 2.05) is 13.0 Å². The quantitative estimate of drug-likeness (QED) is 0.696. The standard InChI is InChI=1S/C12H17Cl2N/c1-11(14)9-15(8-7-13)10-12-5-3-2-4-6-12/h2-6,11H,7-10H2,1H3. The molecule has 0 saturated heterocycles. The number of rotatable bonds is 6. The molecule has 0 aliphatic carbocycles. The lowest BCUT2D eigenvalue weighted by molar-refractivity contribution is 0.284. The molecular weight excluding hydrogens is 229 g/mol. The summed E-state index contributed by atoms with van der Waals surface area (Å²) in [5.41, 5.74) is 1.31. The van der Waals surface area contributed by atoms with Crippen LogP contribution >= 0.6 is 23.2 Å². The van der Waals surface area contributed by atoms with Crippen LogP contribution in [-0.2, 0) is 6.54 Å². The largest absolute Gasteiger partial charge is 0.296 e. The molecule has 84 valence electrons. The summed E-state index contributed by atoms with van der Waals surface area (Å²) in [6.45, 7) is 4.69. The minimum atomic E-state index is 0.164. The lowest BCUT2D eigenvalue weighted by Gasteiger charge is -2.22. The van der Waals surface area contributed by atoms with Crippen molar-refractivity contribution < 1.29 is 0 Å². The van der Waals surface area contributed by atoms with Crippen molar-refractivity contribution in [3.63, 3.8) is 0 Å². The van der Waals surface area contributed by atoms with Gasteiger partial charge in [0.15, 0.2) is 0 Å². The predicted octanol–water partition coefficient (Wildman–Crippen LogP) is 3.35. The normalized spacial score (nSPS) is 13.1. The number of halogens is 2. The molecule has 0 saturated carbocycles. The van der Waals surface area contributed by atoms with Gasteiger partial charge in [-0.1, -0.05) is 30.3 Å². The third-order valence-corrected chi connectivity index (χ3v) is 2.47. The van der Waals surface area contributed by atoms with Crippen molar-refractivity contribution >= 4 is 23.2 Å². The number of alkyl halides is 2. The van der Waals surface area contributed by atoms with Crippen molar-refractivity contribution in [3.05, 3.63) is 35.9 Å². The Morgan fingerprint density at radius 3 is 2.47 bits per heavy atom. The molecule has 1 nitrogen and oxygen atoms in total. The van der Waals surface area contributed by atoms with E-state index in [1.54, 1.807) is 0 Å². The van der Waals surface area contributed by atoms with Crippen LogP contribution in [-0.4, -0.2) is 29.2 Å². The maximum absolute atomic E-state index is 5.99. The van der Waals surface area contributed by atoms with Crippen molar-refractivity contribution in [1.82, 2.24) is 4.90 Å². The van der Waals surface area contributed by atoms with Gasteiger partial charge in [0.2, 0.25) is 0 Å². The van der Waals surface area contributed by atoms with Gasteiger partial charge in [-0.05, 0) is 12.5 Å². The van der Waals surface area contributed by atoms with E-state index in [2.05, 4.69) is 29.2 Å². The van der Waals surface area contributed by atoms with E-state index in [-0.39, 0.29) is 5.38 Å². The second-order valence-electron chi connectivity index (χ2n) is 3.69. The van der Waals surface area contributed by atoms with E-state index in [4.69, 9.17) is 23.2 Å². The summed E-state index contributed by atoms with van der Waals surface area (Å²) in [6.07, 6.45) is 0. The van der Waals surface area contributed by atoms with Crippen molar-refractivity contribution in [2.45, 2.75) is 18.8 Å². The molecule has 1 aromatic carbocycles. The zero-order valence-electron chi connectivity index (χ0n) is 9.00. The smallest absolute Gasteiger partial charge is 0.0435 e. The Balaban J connectivity index is 2.50. The lowest BCUT2D eigenvalue weighted by atomic mass is 10.2. The number of nitrogens with zero attached hydrogens (tertiary/aromatic N) is 1. The van der Waals surface area contributed by atoms with E-state index in [9.17, 15) is 0 Å². The molecule has 0 aliphatic rings. The van der Waals surface area contributed by atoms with Crippen LogP contribution in [0.2, 0.25) is 0 Å². The van der Waals surface area contributed by atoms with Gasteiger partial charge in [-0.2, -0.15) is 0 Å². The van der Waals surface area contributed by atoms with Gasteiger partial charge in [0.25, 0.3) is 0 Å². The van der Waals surface area contributed by atoms with E-state index >= 15 is 0 Å². The molecule has 0 spiro atoms. The van der Waals surface area contributed by atoms with Crippen LogP contribution in [0.1, 0.15) is 12.5 Å². The van der Waals surface area contributed by atoms with Gasteiger partial charge in [0.1, 0.15) is 0 Å². The van der Waals surface area contributed by atoms with Crippen molar-refractivity contribution in [1.29, 1.82) is 0 Å². The zero-order valence-corrected chi connectivity index (χ0v) is 10.5. The fraction of sp³-hybridized carbons (Fsp3) is 0.500. The lowest BCUT2D eigenvalue weighted by Crippen LogP contribution is -2.30. The number of hydrogen-bond acceptors (Lipinski definition) is 1. The molecule has 1 unspecified atom stereocenters. The molecule has 0 heterocycles. The first kappa shape index (κ1) is 12.8. The molecule has 0 aromatic heterocycles. The second-order valence-corrected chi connectivity index (χ2v) is 4.81. The molecule has 15 heavy (non-hydrogen) atoms. The van der Waals surface area contributed by atoms with Crippen molar-refractivity contribution in [3.8, 4) is 0 Å². The van der Waals surface area contributed by atoms with Gasteiger partial charge >= 0.3 is 0 Å². The Bertz CT molecular complexity index is 262. The van der Waals surface area contributed by atoms with Gasteiger partial charge < -0.3 is 0 Å². The minimum Gasteiger partial charge on any atom is -0.296 e. The number of hydrogen-bond donors (Lipinski definition) is 0. The van der Waals surface area contributed by atoms with E-state index in [1.165, 1.54) is 5.56 Å². The monoisotopic (exact) mass is 245 g/mol. The van der Waals surface area contributed by atoms with Gasteiger partial charge in [0, 0.05) is 30.9 Å². The first-order valence-corrected chi connectivity index (χ1v) is 6.15. The molecule has 0 N–H and O–H groups in total. The summed E-state index contributed by atoms with van der Waals surface area (Å²) in [5, 5.41) is 0.164. The molecule has 0 aliphatic heterocycles. The SMILES string of the molecule is CC(Cl)CN(CCCl)Cc1ccccc1. The Kier molecular flexibility index (Phi) is 6.07. The van der Waals surface area contributed by atoms with Crippen LogP contribution in [0, 0.1) is 0 Å². The van der Waals surface area contributed by atoms with Gasteiger partial charge in [0.05, 0.1) is 0 Å². The number of benzene rings is 1. The van der Waals surface area contributed by atoms with Gasteiger partial charge in [-0.15, -0.1) is 23.2 Å². The fourth-order valence-electron chi connectivity index (χ4n) is 1.55. The highest BCUT2D eigenvalue weighted by atomic mass is 35.5. The Hall–Kier alpha value is -0.240. The molecule has 1 aromatic rings. The first-order valence-electron chi connectivity index (χ1n) is 5.18. The van der Waals surface area contributed by atoms with Crippen LogP contribution in [0.4, 0.5) is 0 Å². The predicted molar refractivity (Wildman–Crippen MR) is 67.8 cm³/mol. The Morgan fingerprint density at radius 2 is 1.93 bits per heavy atom. The summed E-state index contributed by atoms with van der Waals surface area (Å²) >= 11 is 11.8. The van der Waals surface area contributed by atoms with Gasteiger partial charge in [-0.25, -0.2) is 0 Å². The summed E-state index contributed by atoms with van der Waals surface area (Å²) in [6, 6.07) is 10.4. The molecular formula is C12H17Cl2N. The van der Waals surface area contributed by atoms with Crippen LogP contribution in [0.15, 0.2) is 30.3 Å². The summed E-state index contributed by atoms with van der Waals surface area (Å²) in [7, 11) is 0. The molecule has 1 rings (SSSR count). The summed E-state index contributed by atoms with van der Waals surface area (Å²) in [4.78, 5) is 2.28. The molecule has 0 amide bonds. The van der Waals surface area contributed by atoms with Crippen LogP contribution in [0.25, 0.3) is 0 Å². The summed E-state index contributed by atoms with van der Waals surface area (Å²) < 4.78 is 0. The zero-order chi connectivity index (χ0) is 11.1. The van der Waals surface area contributed by atoms with Crippen LogP contribution in [0.3, 0.4) is 0 Å². The maximum Gasteiger partial charge on any atom is 0.0435 e. The average Bonchev–Trinajstić information content (AvgIpc) is 2.18. The van der Waals surface area contributed by atoms with Crippen LogP contribution < -0.4 is 0 Å². The fourth-order valence-corrected chi connectivity index (χ4v) is 1.99. The van der Waals surface area contributed by atoms with E-state index in [0.717, 1.165) is 19.6 Å². The first-order chi connectivity index (χ1) is 7.22. The van der Waals surface area contributed by atoms with Crippen LogP contribution in [0.5, 0.6) is 0 Å². The minimum absolute atomic E-state index is 0.164. The highest BCUT2D eigenvalue weighted by Crippen LogP contribution is 2.07. The van der Waals surface area contributed by atoms with Crippen molar-refractivity contribution in [2.75, 3.05) is 19.0 Å². The molecule has 0 fully saturated rings. The van der Waals surface area contributed by atoms with E-state index in [0.29, 0.717) is 5.88 Å². The molecule has 0 radical (unpaired) electrons. The highest BCUT2D eigenvalue weighted by molar-refractivity contribution is 6.20. The Labute approximate surface area is 102 Å². The second kappa shape index (κ2) is 7.10. The molecule has 1 atom stereocenters. The molecule has 0 bridgehead atoms.